The molecule has 0 saturated carbocycles. The van der Waals surface area contributed by atoms with Crippen molar-refractivity contribution in [1.82, 2.24) is 9.62 Å². The molecule has 33 heavy (non-hydrogen) atoms. The largest absolute Gasteiger partial charge is 0.494 e. The highest BCUT2D eigenvalue weighted by Crippen LogP contribution is 2.23. The van der Waals surface area contributed by atoms with Gasteiger partial charge in [0.15, 0.2) is 0 Å². The van der Waals surface area contributed by atoms with E-state index in [-0.39, 0.29) is 29.0 Å². The summed E-state index contributed by atoms with van der Waals surface area (Å²) < 4.78 is 34.5. The molecule has 0 aromatic heterocycles. The van der Waals surface area contributed by atoms with Crippen molar-refractivity contribution >= 4 is 21.8 Å². The molecule has 1 saturated heterocycles. The van der Waals surface area contributed by atoms with E-state index in [2.05, 4.69) is 4.72 Å². The lowest BCUT2D eigenvalue weighted by Gasteiger charge is -2.33. The molecule has 2 amide bonds. The molecule has 1 atom stereocenters. The lowest BCUT2D eigenvalue weighted by molar-refractivity contribution is -0.136. The van der Waals surface area contributed by atoms with Crippen molar-refractivity contribution in [3.8, 4) is 5.75 Å². The molecule has 1 aliphatic heterocycles. The van der Waals surface area contributed by atoms with E-state index in [1.807, 2.05) is 37.3 Å². The van der Waals surface area contributed by atoms with Gasteiger partial charge in [-0.25, -0.2) is 8.42 Å². The maximum atomic E-state index is 13.4. The highest BCUT2D eigenvalue weighted by atomic mass is 32.2. The zero-order valence-corrected chi connectivity index (χ0v) is 19.8. The first-order chi connectivity index (χ1) is 15.7. The summed E-state index contributed by atoms with van der Waals surface area (Å²) in [5, 5.41) is 0. The van der Waals surface area contributed by atoms with Gasteiger partial charge in [0.05, 0.1) is 11.5 Å². The first-order valence-electron chi connectivity index (χ1n) is 11.1. The van der Waals surface area contributed by atoms with Gasteiger partial charge in [-0.1, -0.05) is 30.3 Å². The number of nitrogens with zero attached hydrogens (tertiary/aromatic N) is 1. The van der Waals surface area contributed by atoms with Crippen LogP contribution < -0.4 is 15.2 Å². The standard InChI is InChI=1S/C24H31N3O5S/c1-3-32-22-10-9-20(15-17(22)2)33(30,31)26-21(16-18-7-5-4-6-8-18)24(29)27-13-11-19(12-14-27)23(25)28/h4-10,15,19,21,26H,3,11-14,16H2,1-2H3,(H2,25,28). The van der Waals surface area contributed by atoms with E-state index < -0.39 is 16.1 Å². The fourth-order valence-electron chi connectivity index (χ4n) is 4.00. The fraction of sp³-hybridized carbons (Fsp3) is 0.417. The first-order valence-corrected chi connectivity index (χ1v) is 12.6. The Morgan fingerprint density at radius 3 is 2.39 bits per heavy atom. The number of piperidine rings is 1. The number of nitrogens with one attached hydrogen (secondary N) is 1. The molecule has 9 heteroatoms. The monoisotopic (exact) mass is 473 g/mol. The summed E-state index contributed by atoms with van der Waals surface area (Å²) in [4.78, 5) is 26.5. The van der Waals surface area contributed by atoms with Crippen LogP contribution in [0.25, 0.3) is 0 Å². The van der Waals surface area contributed by atoms with Gasteiger partial charge in [0.2, 0.25) is 21.8 Å². The zero-order chi connectivity index (χ0) is 24.0. The molecule has 178 valence electrons. The van der Waals surface area contributed by atoms with Gasteiger partial charge in [-0.15, -0.1) is 0 Å². The minimum Gasteiger partial charge on any atom is -0.494 e. The number of aryl methyl sites for hydroxylation is 1. The smallest absolute Gasteiger partial charge is 0.241 e. The number of carbonyl (C=O) groups is 2. The number of hydrogen-bond acceptors (Lipinski definition) is 5. The van der Waals surface area contributed by atoms with E-state index >= 15 is 0 Å². The Kier molecular flexibility index (Phi) is 8.10. The number of rotatable bonds is 9. The maximum Gasteiger partial charge on any atom is 0.241 e. The summed E-state index contributed by atoms with van der Waals surface area (Å²) in [5.74, 6) is -0.321. The van der Waals surface area contributed by atoms with Crippen molar-refractivity contribution in [3.05, 3.63) is 59.7 Å². The molecule has 1 fully saturated rings. The normalized spacial score (nSPS) is 15.8. The molecular weight excluding hydrogens is 442 g/mol. The molecule has 0 spiro atoms. The molecular formula is C24H31N3O5S. The summed E-state index contributed by atoms with van der Waals surface area (Å²) in [5.41, 5.74) is 6.93. The van der Waals surface area contributed by atoms with Crippen LogP contribution in [0.4, 0.5) is 0 Å². The number of nitrogens with two attached hydrogens (primary N) is 1. The maximum absolute atomic E-state index is 13.4. The summed E-state index contributed by atoms with van der Waals surface area (Å²) in [7, 11) is -3.97. The average molecular weight is 474 g/mol. The SMILES string of the molecule is CCOc1ccc(S(=O)(=O)NC(Cc2ccccc2)C(=O)N2CCC(C(N)=O)CC2)cc1C. The predicted octanol–water partition coefficient (Wildman–Crippen LogP) is 2.01. The molecule has 3 N–H and O–H groups in total. The summed E-state index contributed by atoms with van der Waals surface area (Å²) in [6.45, 7) is 4.84. The Balaban J connectivity index is 1.82. The second-order valence-electron chi connectivity index (χ2n) is 8.23. The Morgan fingerprint density at radius 1 is 1.15 bits per heavy atom. The summed E-state index contributed by atoms with van der Waals surface area (Å²) in [6.07, 6.45) is 1.17. The van der Waals surface area contributed by atoms with Crippen LogP contribution in [0, 0.1) is 12.8 Å². The summed E-state index contributed by atoms with van der Waals surface area (Å²) >= 11 is 0. The lowest BCUT2D eigenvalue weighted by atomic mass is 9.95. The van der Waals surface area contributed by atoms with Crippen LogP contribution in [-0.4, -0.2) is 50.9 Å². The predicted molar refractivity (Wildman–Crippen MR) is 125 cm³/mol. The van der Waals surface area contributed by atoms with Crippen molar-refractivity contribution in [2.24, 2.45) is 11.7 Å². The van der Waals surface area contributed by atoms with Crippen LogP contribution in [0.2, 0.25) is 0 Å². The van der Waals surface area contributed by atoms with E-state index in [0.29, 0.717) is 43.9 Å². The number of primary amides is 1. The van der Waals surface area contributed by atoms with Crippen LogP contribution in [0.3, 0.4) is 0 Å². The number of likely N-dealkylation sites (tertiary alicyclic amines) is 1. The van der Waals surface area contributed by atoms with Crippen LogP contribution >= 0.6 is 0 Å². The van der Waals surface area contributed by atoms with Gasteiger partial charge in [0.1, 0.15) is 11.8 Å². The van der Waals surface area contributed by atoms with E-state index in [1.165, 1.54) is 12.1 Å². The van der Waals surface area contributed by atoms with Crippen molar-refractivity contribution in [1.29, 1.82) is 0 Å². The number of amides is 2. The molecule has 0 aliphatic carbocycles. The van der Waals surface area contributed by atoms with Gasteiger partial charge in [-0.3, -0.25) is 9.59 Å². The van der Waals surface area contributed by atoms with Gasteiger partial charge in [-0.2, -0.15) is 4.72 Å². The average Bonchev–Trinajstić information content (AvgIpc) is 2.80. The van der Waals surface area contributed by atoms with Crippen LogP contribution in [-0.2, 0) is 26.0 Å². The van der Waals surface area contributed by atoms with Crippen LogP contribution in [0.5, 0.6) is 5.75 Å². The van der Waals surface area contributed by atoms with Gasteiger partial charge in [-0.05, 0) is 62.4 Å². The van der Waals surface area contributed by atoms with Gasteiger partial charge >= 0.3 is 0 Å². The molecule has 8 nitrogen and oxygen atoms in total. The van der Waals surface area contributed by atoms with Crippen LogP contribution in [0.1, 0.15) is 30.9 Å². The van der Waals surface area contributed by atoms with Gasteiger partial charge < -0.3 is 15.4 Å². The third-order valence-electron chi connectivity index (χ3n) is 5.84. The molecule has 0 radical (unpaired) electrons. The Hall–Kier alpha value is -2.91. The Bertz CT molecular complexity index is 1080. The Labute approximate surface area is 195 Å². The fourth-order valence-corrected chi connectivity index (χ4v) is 5.27. The van der Waals surface area contributed by atoms with Gasteiger partial charge in [0, 0.05) is 19.0 Å². The van der Waals surface area contributed by atoms with E-state index in [9.17, 15) is 18.0 Å². The molecule has 1 aliphatic rings. The van der Waals surface area contributed by atoms with Crippen molar-refractivity contribution < 1.29 is 22.7 Å². The minimum atomic E-state index is -3.97. The van der Waals surface area contributed by atoms with E-state index in [1.54, 1.807) is 17.9 Å². The molecule has 2 aromatic rings. The topological polar surface area (TPSA) is 119 Å². The van der Waals surface area contributed by atoms with Crippen LogP contribution in [0.15, 0.2) is 53.4 Å². The second-order valence-corrected chi connectivity index (χ2v) is 9.94. The third-order valence-corrected chi connectivity index (χ3v) is 7.31. The van der Waals surface area contributed by atoms with Crippen molar-refractivity contribution in [3.63, 3.8) is 0 Å². The number of benzene rings is 2. The Morgan fingerprint density at radius 2 is 1.82 bits per heavy atom. The number of hydrogen-bond donors (Lipinski definition) is 2. The molecule has 2 aromatic carbocycles. The van der Waals surface area contributed by atoms with E-state index in [0.717, 1.165) is 5.56 Å². The quantitative estimate of drug-likeness (QED) is 0.577. The highest BCUT2D eigenvalue weighted by Gasteiger charge is 2.33. The zero-order valence-electron chi connectivity index (χ0n) is 19.0. The third kappa shape index (κ3) is 6.33. The lowest BCUT2D eigenvalue weighted by Crippen LogP contribution is -2.52. The van der Waals surface area contributed by atoms with E-state index in [4.69, 9.17) is 10.5 Å². The second kappa shape index (κ2) is 10.8. The first kappa shape index (κ1) is 24.7. The molecule has 3 rings (SSSR count). The highest BCUT2D eigenvalue weighted by molar-refractivity contribution is 7.89. The molecule has 0 bridgehead atoms. The van der Waals surface area contributed by atoms with Crippen molar-refractivity contribution in [2.45, 2.75) is 44.0 Å². The number of carbonyl (C=O) groups excluding carboxylic acids is 2. The van der Waals surface area contributed by atoms with Gasteiger partial charge in [0.25, 0.3) is 0 Å². The van der Waals surface area contributed by atoms with Crippen molar-refractivity contribution in [2.75, 3.05) is 19.7 Å². The summed E-state index contributed by atoms with van der Waals surface area (Å²) in [6, 6.07) is 12.9. The molecule has 1 unspecified atom stereocenters. The number of sulfonamides is 1. The minimum absolute atomic E-state index is 0.0711. The molecule has 1 heterocycles. The number of ether oxygens (including phenoxy) is 1.